The average Bonchev–Trinajstić information content (AvgIpc) is 2.78. The van der Waals surface area contributed by atoms with Gasteiger partial charge in [-0.15, -0.1) is 0 Å². The lowest BCUT2D eigenvalue weighted by atomic mass is 10.2. The molecule has 5 heteroatoms. The summed E-state index contributed by atoms with van der Waals surface area (Å²) in [5.41, 5.74) is 1.58. The fourth-order valence-corrected chi connectivity index (χ4v) is 2.95. The van der Waals surface area contributed by atoms with E-state index in [4.69, 9.17) is 0 Å². The molecular formula is C17H12FNO2S. The topological polar surface area (TPSA) is 37.4 Å². The van der Waals surface area contributed by atoms with E-state index >= 15 is 0 Å². The van der Waals surface area contributed by atoms with E-state index < -0.39 is 0 Å². The molecule has 1 fully saturated rings. The first-order valence-electron chi connectivity index (χ1n) is 6.68. The molecular weight excluding hydrogens is 301 g/mol. The number of carbonyl (C=O) groups excluding carboxylic acids is 2. The molecule has 2 aromatic rings. The minimum Gasteiger partial charge on any atom is -0.268 e. The number of nitrogens with zero attached hydrogens (tertiary/aromatic N) is 1. The lowest BCUT2D eigenvalue weighted by Crippen LogP contribution is -2.27. The summed E-state index contributed by atoms with van der Waals surface area (Å²) in [6.07, 6.45) is 1.70. The fraction of sp³-hybridized carbons (Fsp3) is 0.0588. The van der Waals surface area contributed by atoms with Crippen molar-refractivity contribution in [1.82, 2.24) is 4.90 Å². The normalized spacial score (nSPS) is 16.6. The van der Waals surface area contributed by atoms with Crippen molar-refractivity contribution in [2.24, 2.45) is 0 Å². The van der Waals surface area contributed by atoms with Crippen molar-refractivity contribution in [3.63, 3.8) is 0 Å². The molecule has 0 bridgehead atoms. The molecule has 1 saturated heterocycles. The smallest absolute Gasteiger partial charge is 0.268 e. The Labute approximate surface area is 131 Å². The van der Waals surface area contributed by atoms with Crippen LogP contribution in [0, 0.1) is 5.82 Å². The molecule has 0 aromatic heterocycles. The number of hydrogen-bond acceptors (Lipinski definition) is 3. The van der Waals surface area contributed by atoms with Gasteiger partial charge in [0.1, 0.15) is 5.82 Å². The van der Waals surface area contributed by atoms with E-state index in [1.54, 1.807) is 18.2 Å². The third-order valence-electron chi connectivity index (χ3n) is 3.22. The van der Waals surface area contributed by atoms with E-state index in [2.05, 4.69) is 0 Å². The summed E-state index contributed by atoms with van der Waals surface area (Å²) >= 11 is 0.923. The summed E-state index contributed by atoms with van der Waals surface area (Å²) in [7, 11) is 0. The van der Waals surface area contributed by atoms with Crippen molar-refractivity contribution < 1.29 is 14.0 Å². The average molecular weight is 313 g/mol. The first-order valence-corrected chi connectivity index (χ1v) is 7.50. The lowest BCUT2D eigenvalue weighted by Gasteiger charge is -2.12. The van der Waals surface area contributed by atoms with Crippen LogP contribution in [0.4, 0.5) is 9.18 Å². The van der Waals surface area contributed by atoms with Crippen LogP contribution in [0.2, 0.25) is 0 Å². The van der Waals surface area contributed by atoms with Crippen molar-refractivity contribution in [3.05, 3.63) is 76.4 Å². The van der Waals surface area contributed by atoms with Crippen LogP contribution in [0.3, 0.4) is 0 Å². The summed E-state index contributed by atoms with van der Waals surface area (Å²) in [6, 6.07) is 15.1. The highest BCUT2D eigenvalue weighted by Gasteiger charge is 2.34. The van der Waals surface area contributed by atoms with E-state index in [9.17, 15) is 14.0 Å². The van der Waals surface area contributed by atoms with Gasteiger partial charge >= 0.3 is 0 Å². The molecule has 0 spiro atoms. The minimum atomic E-state index is -0.345. The Morgan fingerprint density at radius 1 is 1.00 bits per heavy atom. The molecule has 0 radical (unpaired) electrons. The number of benzene rings is 2. The van der Waals surface area contributed by atoms with Gasteiger partial charge in [0, 0.05) is 0 Å². The van der Waals surface area contributed by atoms with Crippen LogP contribution in [-0.2, 0) is 11.3 Å². The molecule has 1 aliphatic rings. The number of hydrogen-bond donors (Lipinski definition) is 0. The maximum atomic E-state index is 12.9. The molecule has 0 aliphatic carbocycles. The highest BCUT2D eigenvalue weighted by Crippen LogP contribution is 2.33. The SMILES string of the molecule is O=C1SC(=Cc2ccccc2)C(=O)N1Cc1ccc(F)cc1. The van der Waals surface area contributed by atoms with Crippen LogP contribution in [0.5, 0.6) is 0 Å². The molecule has 3 nitrogen and oxygen atoms in total. The van der Waals surface area contributed by atoms with Gasteiger partial charge in [0.2, 0.25) is 0 Å². The summed E-state index contributed by atoms with van der Waals surface area (Å²) in [4.78, 5) is 25.9. The van der Waals surface area contributed by atoms with Gasteiger partial charge in [-0.1, -0.05) is 42.5 Å². The Kier molecular flexibility index (Phi) is 4.06. The molecule has 2 amide bonds. The van der Waals surface area contributed by atoms with Gasteiger partial charge in [0.05, 0.1) is 11.4 Å². The Bertz CT molecular complexity index is 741. The Morgan fingerprint density at radius 2 is 1.68 bits per heavy atom. The van der Waals surface area contributed by atoms with E-state index in [0.29, 0.717) is 10.5 Å². The molecule has 0 unspecified atom stereocenters. The molecule has 1 aliphatic heterocycles. The zero-order valence-electron chi connectivity index (χ0n) is 11.5. The zero-order valence-corrected chi connectivity index (χ0v) is 12.3. The molecule has 0 atom stereocenters. The Hall–Kier alpha value is -2.40. The summed E-state index contributed by atoms with van der Waals surface area (Å²) < 4.78 is 12.9. The van der Waals surface area contributed by atoms with Gasteiger partial charge in [-0.3, -0.25) is 14.5 Å². The highest BCUT2D eigenvalue weighted by atomic mass is 32.2. The van der Waals surface area contributed by atoms with Crippen LogP contribution in [0.1, 0.15) is 11.1 Å². The maximum absolute atomic E-state index is 12.9. The lowest BCUT2D eigenvalue weighted by molar-refractivity contribution is -0.123. The third-order valence-corrected chi connectivity index (χ3v) is 4.13. The number of amides is 2. The van der Waals surface area contributed by atoms with Gasteiger partial charge in [-0.25, -0.2) is 4.39 Å². The number of thioether (sulfide) groups is 1. The van der Waals surface area contributed by atoms with Gasteiger partial charge < -0.3 is 0 Å². The zero-order chi connectivity index (χ0) is 15.5. The molecule has 3 rings (SSSR count). The largest absolute Gasteiger partial charge is 0.293 e. The predicted molar refractivity (Wildman–Crippen MR) is 84.4 cm³/mol. The van der Waals surface area contributed by atoms with Crippen LogP contribution >= 0.6 is 11.8 Å². The molecule has 110 valence electrons. The number of halogens is 1. The Balaban J connectivity index is 1.80. The van der Waals surface area contributed by atoms with Gasteiger partial charge in [0.25, 0.3) is 11.1 Å². The highest BCUT2D eigenvalue weighted by molar-refractivity contribution is 8.18. The first-order chi connectivity index (χ1) is 10.6. The predicted octanol–water partition coefficient (Wildman–Crippen LogP) is 4.06. The second-order valence-corrected chi connectivity index (χ2v) is 5.80. The minimum absolute atomic E-state index is 0.150. The second kappa shape index (κ2) is 6.15. The van der Waals surface area contributed by atoms with Crippen LogP contribution < -0.4 is 0 Å². The van der Waals surface area contributed by atoms with Crippen molar-refractivity contribution >= 4 is 29.0 Å². The van der Waals surface area contributed by atoms with Crippen LogP contribution in [-0.4, -0.2) is 16.0 Å². The van der Waals surface area contributed by atoms with Gasteiger partial charge in [-0.05, 0) is 41.1 Å². The van der Waals surface area contributed by atoms with Crippen LogP contribution in [0.15, 0.2) is 59.5 Å². The van der Waals surface area contributed by atoms with Crippen molar-refractivity contribution in [3.8, 4) is 0 Å². The van der Waals surface area contributed by atoms with E-state index in [-0.39, 0.29) is 23.5 Å². The van der Waals surface area contributed by atoms with E-state index in [0.717, 1.165) is 17.3 Å². The quantitative estimate of drug-likeness (QED) is 0.802. The molecule has 22 heavy (non-hydrogen) atoms. The Morgan fingerprint density at radius 3 is 2.36 bits per heavy atom. The van der Waals surface area contributed by atoms with Crippen molar-refractivity contribution in [2.75, 3.05) is 0 Å². The standard InChI is InChI=1S/C17H12FNO2S/c18-14-8-6-13(7-9-14)11-19-16(20)15(22-17(19)21)10-12-4-2-1-3-5-12/h1-10H,11H2. The van der Waals surface area contributed by atoms with Gasteiger partial charge in [0.15, 0.2) is 0 Å². The first kappa shape index (κ1) is 14.5. The second-order valence-electron chi connectivity index (χ2n) is 4.81. The number of imide groups is 1. The third kappa shape index (κ3) is 3.09. The maximum Gasteiger partial charge on any atom is 0.293 e. The monoisotopic (exact) mass is 313 g/mol. The molecule has 0 N–H and O–H groups in total. The number of rotatable bonds is 3. The number of carbonyl (C=O) groups is 2. The molecule has 0 saturated carbocycles. The van der Waals surface area contributed by atoms with E-state index in [1.807, 2.05) is 30.3 Å². The fourth-order valence-electron chi connectivity index (χ4n) is 2.11. The summed E-state index contributed by atoms with van der Waals surface area (Å²) in [5.74, 6) is -0.662. The van der Waals surface area contributed by atoms with Crippen molar-refractivity contribution in [1.29, 1.82) is 0 Å². The summed E-state index contributed by atoms with van der Waals surface area (Å²) in [6.45, 7) is 0.150. The van der Waals surface area contributed by atoms with Crippen LogP contribution in [0.25, 0.3) is 6.08 Å². The van der Waals surface area contributed by atoms with Crippen molar-refractivity contribution in [2.45, 2.75) is 6.54 Å². The summed E-state index contributed by atoms with van der Waals surface area (Å²) in [5, 5.41) is -0.309. The molecule has 2 aromatic carbocycles. The van der Waals surface area contributed by atoms with E-state index in [1.165, 1.54) is 17.0 Å². The van der Waals surface area contributed by atoms with Gasteiger partial charge in [-0.2, -0.15) is 0 Å². The molecule has 1 heterocycles.